The Kier molecular flexibility index (Phi) is 5.28. The number of rotatable bonds is 7. The van der Waals surface area contributed by atoms with Crippen LogP contribution < -0.4 is 0 Å². The van der Waals surface area contributed by atoms with E-state index >= 15 is 0 Å². The van der Waals surface area contributed by atoms with Gasteiger partial charge in [-0.05, 0) is 43.0 Å². The van der Waals surface area contributed by atoms with Gasteiger partial charge in [-0.2, -0.15) is 11.8 Å². The van der Waals surface area contributed by atoms with Gasteiger partial charge in [-0.1, -0.05) is 13.8 Å². The maximum Gasteiger partial charge on any atom is 0.335 e. The summed E-state index contributed by atoms with van der Waals surface area (Å²) in [6.07, 6.45) is 1.94. The number of aromatic nitrogens is 2. The molecule has 0 spiro atoms. The summed E-state index contributed by atoms with van der Waals surface area (Å²) in [5.41, 5.74) is 2.11. The SMILES string of the molecule is CCSCCC(C)n1c(CC)nc2cc(C(=O)O)ccc21. The molecule has 4 nitrogen and oxygen atoms in total. The number of aryl methyl sites for hydroxylation is 1. The fourth-order valence-corrected chi connectivity index (χ4v) is 3.35. The third-order valence-electron chi connectivity index (χ3n) is 3.65. The van der Waals surface area contributed by atoms with E-state index in [1.807, 2.05) is 17.8 Å². The molecule has 0 saturated heterocycles. The molecule has 1 heterocycles. The van der Waals surface area contributed by atoms with E-state index in [1.165, 1.54) is 0 Å². The quantitative estimate of drug-likeness (QED) is 0.786. The summed E-state index contributed by atoms with van der Waals surface area (Å²) in [6, 6.07) is 5.59. The Balaban J connectivity index is 2.39. The summed E-state index contributed by atoms with van der Waals surface area (Å²) in [5, 5.41) is 9.09. The molecule has 0 radical (unpaired) electrons. The molecule has 1 aromatic heterocycles. The second-order valence-electron chi connectivity index (χ2n) is 5.09. The van der Waals surface area contributed by atoms with Crippen LogP contribution in [0.15, 0.2) is 18.2 Å². The number of carboxylic acid groups (broad SMARTS) is 1. The highest BCUT2D eigenvalue weighted by Gasteiger charge is 2.16. The largest absolute Gasteiger partial charge is 0.478 e. The second kappa shape index (κ2) is 6.98. The van der Waals surface area contributed by atoms with Crippen molar-refractivity contribution in [1.82, 2.24) is 9.55 Å². The average Bonchev–Trinajstić information content (AvgIpc) is 2.84. The van der Waals surface area contributed by atoms with Crippen LogP contribution in [0.3, 0.4) is 0 Å². The number of carboxylic acids is 1. The lowest BCUT2D eigenvalue weighted by Gasteiger charge is -2.17. The van der Waals surface area contributed by atoms with Gasteiger partial charge in [-0.15, -0.1) is 0 Å². The summed E-state index contributed by atoms with van der Waals surface area (Å²) in [7, 11) is 0. The van der Waals surface area contributed by atoms with Crippen LogP contribution >= 0.6 is 11.8 Å². The highest BCUT2D eigenvalue weighted by Crippen LogP contribution is 2.25. The van der Waals surface area contributed by atoms with Crippen molar-refractivity contribution in [3.63, 3.8) is 0 Å². The Bertz CT molecular complexity index is 636. The molecule has 114 valence electrons. The minimum Gasteiger partial charge on any atom is -0.478 e. The number of fused-ring (bicyclic) bond motifs is 1. The van der Waals surface area contributed by atoms with Crippen LogP contribution in [0, 0.1) is 0 Å². The molecule has 21 heavy (non-hydrogen) atoms. The summed E-state index contributed by atoms with van der Waals surface area (Å²) >= 11 is 1.95. The lowest BCUT2D eigenvalue weighted by atomic mass is 10.2. The molecule has 0 fully saturated rings. The highest BCUT2D eigenvalue weighted by atomic mass is 32.2. The number of nitrogens with zero attached hydrogens (tertiary/aromatic N) is 2. The van der Waals surface area contributed by atoms with Crippen molar-refractivity contribution < 1.29 is 9.90 Å². The van der Waals surface area contributed by atoms with Crippen molar-refractivity contribution in [2.45, 2.75) is 39.7 Å². The topological polar surface area (TPSA) is 55.1 Å². The summed E-state index contributed by atoms with van der Waals surface area (Å²) in [4.78, 5) is 15.7. The molecular weight excluding hydrogens is 284 g/mol. The minimum absolute atomic E-state index is 0.295. The van der Waals surface area contributed by atoms with Gasteiger partial charge in [0, 0.05) is 12.5 Å². The first-order valence-corrected chi connectivity index (χ1v) is 8.55. The van der Waals surface area contributed by atoms with Crippen LogP contribution in [0.2, 0.25) is 0 Å². The second-order valence-corrected chi connectivity index (χ2v) is 6.49. The predicted octanol–water partition coefficient (Wildman–Crippen LogP) is 4.00. The van der Waals surface area contributed by atoms with Crippen LogP contribution in [0.5, 0.6) is 0 Å². The van der Waals surface area contributed by atoms with E-state index in [-0.39, 0.29) is 0 Å². The lowest BCUT2D eigenvalue weighted by Crippen LogP contribution is -2.10. The minimum atomic E-state index is -0.906. The third-order valence-corrected chi connectivity index (χ3v) is 4.58. The molecule has 1 aromatic carbocycles. The van der Waals surface area contributed by atoms with Crippen LogP contribution in [0.1, 0.15) is 49.4 Å². The number of aromatic carboxylic acids is 1. The normalized spacial score (nSPS) is 12.7. The summed E-state index contributed by atoms with van der Waals surface area (Å²) in [6.45, 7) is 6.47. The van der Waals surface area contributed by atoms with E-state index in [4.69, 9.17) is 5.11 Å². The van der Waals surface area contributed by atoms with Gasteiger partial charge in [0.2, 0.25) is 0 Å². The molecule has 0 aliphatic rings. The van der Waals surface area contributed by atoms with Gasteiger partial charge >= 0.3 is 5.97 Å². The van der Waals surface area contributed by atoms with Crippen LogP contribution in [0.25, 0.3) is 11.0 Å². The van der Waals surface area contributed by atoms with Gasteiger partial charge in [0.1, 0.15) is 5.82 Å². The third kappa shape index (κ3) is 3.40. The van der Waals surface area contributed by atoms with Crippen molar-refractivity contribution in [3.8, 4) is 0 Å². The smallest absolute Gasteiger partial charge is 0.335 e. The van der Waals surface area contributed by atoms with Crippen LogP contribution in [-0.4, -0.2) is 32.1 Å². The van der Waals surface area contributed by atoms with Gasteiger partial charge in [0.25, 0.3) is 0 Å². The van der Waals surface area contributed by atoms with Crippen molar-refractivity contribution in [1.29, 1.82) is 0 Å². The number of hydrogen-bond acceptors (Lipinski definition) is 3. The first kappa shape index (κ1) is 15.9. The van der Waals surface area contributed by atoms with E-state index < -0.39 is 5.97 Å². The average molecular weight is 306 g/mol. The zero-order chi connectivity index (χ0) is 15.4. The maximum absolute atomic E-state index is 11.1. The Hall–Kier alpha value is -1.49. The van der Waals surface area contributed by atoms with E-state index in [9.17, 15) is 4.79 Å². The molecule has 0 saturated carbocycles. The molecule has 2 aromatic rings. The van der Waals surface area contributed by atoms with Crippen molar-refractivity contribution in [3.05, 3.63) is 29.6 Å². The molecule has 5 heteroatoms. The molecule has 1 atom stereocenters. The maximum atomic E-state index is 11.1. The molecule has 0 amide bonds. The Morgan fingerprint density at radius 2 is 2.19 bits per heavy atom. The highest BCUT2D eigenvalue weighted by molar-refractivity contribution is 7.99. The molecule has 1 N–H and O–H groups in total. The molecular formula is C16H22N2O2S. The first-order chi connectivity index (χ1) is 10.1. The Labute approximate surface area is 129 Å². The van der Waals surface area contributed by atoms with Gasteiger partial charge < -0.3 is 9.67 Å². The van der Waals surface area contributed by atoms with Crippen LogP contribution in [-0.2, 0) is 6.42 Å². The number of imidazole rings is 1. The van der Waals surface area contributed by atoms with E-state index in [0.29, 0.717) is 11.6 Å². The van der Waals surface area contributed by atoms with Gasteiger partial charge in [0.15, 0.2) is 0 Å². The number of carbonyl (C=O) groups is 1. The Morgan fingerprint density at radius 1 is 1.43 bits per heavy atom. The van der Waals surface area contributed by atoms with Gasteiger partial charge in [0.05, 0.1) is 16.6 Å². The monoisotopic (exact) mass is 306 g/mol. The first-order valence-electron chi connectivity index (χ1n) is 7.40. The number of thioether (sulfide) groups is 1. The molecule has 0 aliphatic carbocycles. The molecule has 0 bridgehead atoms. The van der Waals surface area contributed by atoms with Crippen molar-refractivity contribution in [2.24, 2.45) is 0 Å². The number of benzene rings is 1. The summed E-state index contributed by atoms with van der Waals surface area (Å²) in [5.74, 6) is 2.40. The molecule has 0 aliphatic heterocycles. The summed E-state index contributed by atoms with van der Waals surface area (Å²) < 4.78 is 2.26. The molecule has 2 rings (SSSR count). The van der Waals surface area contributed by atoms with Crippen molar-refractivity contribution in [2.75, 3.05) is 11.5 Å². The van der Waals surface area contributed by atoms with Crippen LogP contribution in [0.4, 0.5) is 0 Å². The lowest BCUT2D eigenvalue weighted by molar-refractivity contribution is 0.0697. The van der Waals surface area contributed by atoms with E-state index in [0.717, 1.165) is 41.2 Å². The van der Waals surface area contributed by atoms with E-state index in [2.05, 4.69) is 30.3 Å². The van der Waals surface area contributed by atoms with E-state index in [1.54, 1.807) is 12.1 Å². The molecule has 1 unspecified atom stereocenters. The van der Waals surface area contributed by atoms with Crippen molar-refractivity contribution >= 4 is 28.8 Å². The zero-order valence-electron chi connectivity index (χ0n) is 12.8. The standard InChI is InChI=1S/C16H22N2O2S/c1-4-15-17-13-10-12(16(19)20)6-7-14(13)18(15)11(3)8-9-21-5-2/h6-7,10-11H,4-5,8-9H2,1-3H3,(H,19,20). The Morgan fingerprint density at radius 3 is 2.81 bits per heavy atom. The predicted molar refractivity (Wildman–Crippen MR) is 88.4 cm³/mol. The fraction of sp³-hybridized carbons (Fsp3) is 0.500. The number of hydrogen-bond donors (Lipinski definition) is 1. The zero-order valence-corrected chi connectivity index (χ0v) is 13.6. The fourth-order valence-electron chi connectivity index (χ4n) is 2.55. The van der Waals surface area contributed by atoms with Gasteiger partial charge in [-0.25, -0.2) is 9.78 Å². The van der Waals surface area contributed by atoms with Gasteiger partial charge in [-0.3, -0.25) is 0 Å².